The third-order valence-electron chi connectivity index (χ3n) is 4.29. The van der Waals surface area contributed by atoms with E-state index in [9.17, 15) is 9.18 Å². The third kappa shape index (κ3) is 3.13. The van der Waals surface area contributed by atoms with E-state index in [1.165, 1.54) is 25.0 Å². The second-order valence-corrected chi connectivity index (χ2v) is 7.96. The smallest absolute Gasteiger partial charge is 0.267 e. The van der Waals surface area contributed by atoms with Gasteiger partial charge in [0.15, 0.2) is 0 Å². The molecule has 0 saturated heterocycles. The van der Waals surface area contributed by atoms with Crippen molar-refractivity contribution in [2.75, 3.05) is 6.54 Å². The van der Waals surface area contributed by atoms with Gasteiger partial charge < -0.3 is 9.88 Å². The molecule has 0 unspecified atom stereocenters. The molecule has 0 bridgehead atoms. The van der Waals surface area contributed by atoms with Gasteiger partial charge in [-0.25, -0.2) is 4.39 Å². The van der Waals surface area contributed by atoms with Crippen molar-refractivity contribution in [3.63, 3.8) is 0 Å². The number of nitrogens with zero attached hydrogens (tertiary/aromatic N) is 1. The van der Waals surface area contributed by atoms with Crippen LogP contribution in [0.5, 0.6) is 0 Å². The number of thiophene rings is 1. The fourth-order valence-electron chi connectivity index (χ4n) is 2.85. The highest BCUT2D eigenvalue weighted by Crippen LogP contribution is 2.34. The molecule has 0 spiro atoms. The maximum Gasteiger partial charge on any atom is 0.267 e. The highest BCUT2D eigenvalue weighted by Gasteiger charge is 2.24. The first-order valence-corrected chi connectivity index (χ1v) is 9.58. The molecule has 1 fully saturated rings. The largest absolute Gasteiger partial charge is 0.350 e. The van der Waals surface area contributed by atoms with Crippen LogP contribution >= 0.6 is 27.3 Å². The third-order valence-corrected chi connectivity index (χ3v) is 6.11. The quantitative estimate of drug-likeness (QED) is 0.648. The van der Waals surface area contributed by atoms with Crippen molar-refractivity contribution in [2.24, 2.45) is 5.92 Å². The lowest BCUT2D eigenvalue weighted by Gasteiger charge is -2.11. The minimum absolute atomic E-state index is 0.0615. The van der Waals surface area contributed by atoms with Gasteiger partial charge in [-0.2, -0.15) is 0 Å². The van der Waals surface area contributed by atoms with Crippen LogP contribution in [0, 0.1) is 11.7 Å². The molecule has 124 valence electrons. The van der Waals surface area contributed by atoms with Crippen LogP contribution in [0.25, 0.3) is 10.2 Å². The maximum atomic E-state index is 13.5. The summed E-state index contributed by atoms with van der Waals surface area (Å²) in [6, 6.07) is 8.44. The van der Waals surface area contributed by atoms with Crippen LogP contribution in [0.3, 0.4) is 0 Å². The number of benzene rings is 1. The topological polar surface area (TPSA) is 34.0 Å². The molecule has 1 amide bonds. The monoisotopic (exact) mass is 406 g/mol. The van der Waals surface area contributed by atoms with Gasteiger partial charge in [0.05, 0.1) is 14.7 Å². The minimum atomic E-state index is -0.264. The Bertz CT molecular complexity index is 913. The van der Waals surface area contributed by atoms with E-state index < -0.39 is 0 Å². The average Bonchev–Trinajstić information content (AvgIpc) is 3.22. The summed E-state index contributed by atoms with van der Waals surface area (Å²) in [7, 11) is 0. The van der Waals surface area contributed by atoms with Gasteiger partial charge in [0.25, 0.3) is 5.91 Å². The van der Waals surface area contributed by atoms with Crippen molar-refractivity contribution in [1.82, 2.24) is 9.88 Å². The summed E-state index contributed by atoms with van der Waals surface area (Å²) >= 11 is 5.16. The number of fused-ring (bicyclic) bond motifs is 1. The molecule has 1 saturated carbocycles. The van der Waals surface area contributed by atoms with Gasteiger partial charge in [-0.05, 0) is 58.5 Å². The molecule has 0 radical (unpaired) electrons. The molecule has 3 nitrogen and oxygen atoms in total. The Morgan fingerprint density at radius 1 is 1.38 bits per heavy atom. The van der Waals surface area contributed by atoms with Gasteiger partial charge in [-0.3, -0.25) is 4.79 Å². The Balaban J connectivity index is 1.71. The second kappa shape index (κ2) is 6.33. The lowest BCUT2D eigenvalue weighted by Crippen LogP contribution is -2.28. The van der Waals surface area contributed by atoms with Gasteiger partial charge in [0.2, 0.25) is 0 Å². The van der Waals surface area contributed by atoms with E-state index in [4.69, 9.17) is 0 Å². The molecule has 6 heteroatoms. The normalized spacial score (nSPS) is 14.2. The van der Waals surface area contributed by atoms with Crippen molar-refractivity contribution in [3.05, 3.63) is 57.3 Å². The first kappa shape index (κ1) is 15.8. The molecular formula is C18H16BrFN2OS. The Hall–Kier alpha value is -1.66. The standard InChI is InChI=1S/C18H16BrFN2OS/c19-14-10-24-16-7-15(18(23)21-8-11-4-5-11)22(17(14)16)9-12-2-1-3-13(20)6-12/h1-3,6-7,10-11H,4-5,8-9H2,(H,21,23). The SMILES string of the molecule is O=C(NCC1CC1)c1cc2scc(Br)c2n1Cc1cccc(F)c1. The average molecular weight is 407 g/mol. The Morgan fingerprint density at radius 2 is 2.21 bits per heavy atom. The number of amides is 1. The van der Waals surface area contributed by atoms with E-state index in [1.807, 2.05) is 22.1 Å². The summed E-state index contributed by atoms with van der Waals surface area (Å²) in [4.78, 5) is 12.6. The van der Waals surface area contributed by atoms with Gasteiger partial charge >= 0.3 is 0 Å². The van der Waals surface area contributed by atoms with Gasteiger partial charge in [0.1, 0.15) is 11.5 Å². The second-order valence-electron chi connectivity index (χ2n) is 6.20. The van der Waals surface area contributed by atoms with Crippen LogP contribution in [0.15, 0.2) is 40.2 Å². The van der Waals surface area contributed by atoms with Gasteiger partial charge in [0, 0.05) is 18.5 Å². The summed E-state index contributed by atoms with van der Waals surface area (Å²) in [5, 5.41) is 5.04. The molecule has 4 rings (SSSR count). The number of carbonyl (C=O) groups excluding carboxylic acids is 1. The van der Waals surface area contributed by atoms with Crippen molar-refractivity contribution in [2.45, 2.75) is 19.4 Å². The number of nitrogens with one attached hydrogen (secondary N) is 1. The Morgan fingerprint density at radius 3 is 2.96 bits per heavy atom. The molecule has 1 N–H and O–H groups in total. The van der Waals surface area contributed by atoms with Crippen LogP contribution in [-0.2, 0) is 6.54 Å². The number of rotatable bonds is 5. The van der Waals surface area contributed by atoms with Crippen molar-refractivity contribution in [1.29, 1.82) is 0 Å². The molecule has 1 aliphatic carbocycles. The van der Waals surface area contributed by atoms with Crippen LogP contribution in [-0.4, -0.2) is 17.0 Å². The predicted molar refractivity (Wildman–Crippen MR) is 98.1 cm³/mol. The van der Waals surface area contributed by atoms with Crippen molar-refractivity contribution < 1.29 is 9.18 Å². The van der Waals surface area contributed by atoms with Gasteiger partial charge in [-0.1, -0.05) is 12.1 Å². The molecule has 0 atom stereocenters. The van der Waals surface area contributed by atoms with Gasteiger partial charge in [-0.15, -0.1) is 11.3 Å². The highest BCUT2D eigenvalue weighted by atomic mass is 79.9. The van der Waals surface area contributed by atoms with E-state index in [0.29, 0.717) is 18.2 Å². The zero-order chi connectivity index (χ0) is 16.7. The molecule has 0 aliphatic heterocycles. The van der Waals surface area contributed by atoms with E-state index in [0.717, 1.165) is 26.8 Å². The Kier molecular flexibility index (Phi) is 4.18. The molecule has 3 aromatic rings. The summed E-state index contributed by atoms with van der Waals surface area (Å²) in [5.74, 6) is 0.307. The number of halogens is 2. The molecule has 2 heterocycles. The number of carbonyl (C=O) groups is 1. The summed E-state index contributed by atoms with van der Waals surface area (Å²) in [5.41, 5.74) is 2.45. The van der Waals surface area contributed by atoms with Crippen molar-refractivity contribution in [3.8, 4) is 0 Å². The number of aromatic nitrogens is 1. The number of hydrogen-bond donors (Lipinski definition) is 1. The van der Waals surface area contributed by atoms with Crippen molar-refractivity contribution >= 4 is 43.4 Å². The number of hydrogen-bond acceptors (Lipinski definition) is 2. The molecule has 1 aliphatic rings. The van der Waals surface area contributed by atoms with Crippen LogP contribution in [0.2, 0.25) is 0 Å². The summed E-state index contributed by atoms with van der Waals surface area (Å²) < 4.78 is 17.5. The minimum Gasteiger partial charge on any atom is -0.350 e. The predicted octanol–water partition coefficient (Wildman–Crippen LogP) is 4.79. The molecule has 2 aromatic heterocycles. The molecule has 1 aromatic carbocycles. The zero-order valence-corrected chi connectivity index (χ0v) is 15.3. The fraction of sp³-hybridized carbons (Fsp3) is 0.278. The molecular weight excluding hydrogens is 391 g/mol. The lowest BCUT2D eigenvalue weighted by molar-refractivity contribution is 0.0943. The van der Waals surface area contributed by atoms with E-state index in [2.05, 4.69) is 21.2 Å². The van der Waals surface area contributed by atoms with Crippen LogP contribution in [0.1, 0.15) is 28.9 Å². The first-order valence-electron chi connectivity index (χ1n) is 7.90. The maximum absolute atomic E-state index is 13.5. The Labute approximate surface area is 151 Å². The lowest BCUT2D eigenvalue weighted by atomic mass is 10.2. The van der Waals surface area contributed by atoms with E-state index in [1.54, 1.807) is 17.4 Å². The summed E-state index contributed by atoms with van der Waals surface area (Å²) in [6.07, 6.45) is 2.40. The first-order chi connectivity index (χ1) is 11.6. The van der Waals surface area contributed by atoms with Crippen LogP contribution < -0.4 is 5.32 Å². The zero-order valence-electron chi connectivity index (χ0n) is 12.9. The summed E-state index contributed by atoms with van der Waals surface area (Å²) in [6.45, 7) is 1.20. The van der Waals surface area contributed by atoms with E-state index >= 15 is 0 Å². The highest BCUT2D eigenvalue weighted by molar-refractivity contribution is 9.10. The van der Waals surface area contributed by atoms with E-state index in [-0.39, 0.29) is 11.7 Å². The molecule has 24 heavy (non-hydrogen) atoms. The fourth-order valence-corrected chi connectivity index (χ4v) is 4.54. The van der Waals surface area contributed by atoms with Crippen LogP contribution in [0.4, 0.5) is 4.39 Å².